The zero-order chi connectivity index (χ0) is 22.8. The highest BCUT2D eigenvalue weighted by Gasteiger charge is 2.22. The number of hydrogen-bond donors (Lipinski definition) is 5. The molecule has 1 atom stereocenters. The van der Waals surface area contributed by atoms with Crippen molar-refractivity contribution in [3.05, 3.63) is 82.3 Å². The lowest BCUT2D eigenvalue weighted by molar-refractivity contribution is 0.170. The van der Waals surface area contributed by atoms with Gasteiger partial charge in [0.25, 0.3) is 0 Å². The molecule has 1 unspecified atom stereocenters. The van der Waals surface area contributed by atoms with Crippen molar-refractivity contribution in [2.75, 3.05) is 20.2 Å². The first-order valence-electron chi connectivity index (χ1n) is 11.2. The van der Waals surface area contributed by atoms with Crippen LogP contribution in [0.3, 0.4) is 0 Å². The molecular formula is C26H38N2O3. The second-order valence-corrected chi connectivity index (χ2v) is 8.02. The summed E-state index contributed by atoms with van der Waals surface area (Å²) in [5.74, 6) is 0.0416. The molecule has 0 aliphatic heterocycles. The van der Waals surface area contributed by atoms with Crippen LogP contribution in [0.2, 0.25) is 0 Å². The number of likely N-dealkylation sites (N-methyl/N-ethyl adjacent to an activating group) is 1. The number of rotatable bonds is 12. The highest BCUT2D eigenvalue weighted by atomic mass is 16.3. The SMILES string of the molecule is C=C(/C=C\CO)/C(NC)=C(O)\C=C/CC(O)CNC1Cc2cc(CC)c(CC)cc2C1. The number of fused-ring (bicyclic) bond motifs is 1. The summed E-state index contributed by atoms with van der Waals surface area (Å²) >= 11 is 0. The lowest BCUT2D eigenvalue weighted by Gasteiger charge is -2.15. The van der Waals surface area contributed by atoms with E-state index in [1.54, 1.807) is 31.4 Å². The number of aliphatic hydroxyl groups is 3. The topological polar surface area (TPSA) is 84.8 Å². The Kier molecular flexibility index (Phi) is 10.0. The molecular weight excluding hydrogens is 388 g/mol. The van der Waals surface area contributed by atoms with Gasteiger partial charge in [-0.2, -0.15) is 0 Å². The first-order chi connectivity index (χ1) is 14.9. The fraction of sp³-hybridized carbons (Fsp3) is 0.462. The van der Waals surface area contributed by atoms with Crippen LogP contribution in [0.1, 0.15) is 42.5 Å². The van der Waals surface area contributed by atoms with Gasteiger partial charge in [0.15, 0.2) is 0 Å². The normalized spacial score (nSPS) is 16.0. The monoisotopic (exact) mass is 426 g/mol. The molecule has 0 fully saturated rings. The third kappa shape index (κ3) is 7.10. The van der Waals surface area contributed by atoms with E-state index in [1.807, 2.05) is 0 Å². The first-order valence-corrected chi connectivity index (χ1v) is 11.2. The summed E-state index contributed by atoms with van der Waals surface area (Å²) in [6, 6.07) is 5.09. The molecule has 1 aromatic carbocycles. The predicted octanol–water partition coefficient (Wildman–Crippen LogP) is 3.27. The van der Waals surface area contributed by atoms with E-state index in [4.69, 9.17) is 5.11 Å². The number of nitrogens with one attached hydrogen (secondary N) is 2. The van der Waals surface area contributed by atoms with E-state index in [2.05, 4.69) is 43.2 Å². The van der Waals surface area contributed by atoms with E-state index >= 15 is 0 Å². The van der Waals surface area contributed by atoms with E-state index in [9.17, 15) is 10.2 Å². The molecule has 5 N–H and O–H groups in total. The van der Waals surface area contributed by atoms with Crippen LogP contribution in [0.5, 0.6) is 0 Å². The summed E-state index contributed by atoms with van der Waals surface area (Å²) in [6.45, 7) is 8.72. The van der Waals surface area contributed by atoms with Gasteiger partial charge in [-0.05, 0) is 66.0 Å². The fourth-order valence-electron chi connectivity index (χ4n) is 4.11. The number of aryl methyl sites for hydroxylation is 2. The Morgan fingerprint density at radius 3 is 2.26 bits per heavy atom. The Hall–Kier alpha value is -2.34. The molecule has 5 heteroatoms. The number of aliphatic hydroxyl groups excluding tert-OH is 3. The molecule has 0 spiro atoms. The highest BCUT2D eigenvalue weighted by Crippen LogP contribution is 2.27. The van der Waals surface area contributed by atoms with Crippen LogP contribution in [0, 0.1) is 0 Å². The summed E-state index contributed by atoms with van der Waals surface area (Å²) in [4.78, 5) is 0. The van der Waals surface area contributed by atoms with Crippen LogP contribution in [0.4, 0.5) is 0 Å². The summed E-state index contributed by atoms with van der Waals surface area (Å²) in [7, 11) is 1.70. The molecule has 0 radical (unpaired) electrons. The van der Waals surface area contributed by atoms with Crippen molar-refractivity contribution in [2.24, 2.45) is 0 Å². The van der Waals surface area contributed by atoms with E-state index in [1.165, 1.54) is 22.3 Å². The van der Waals surface area contributed by atoms with Crippen molar-refractivity contribution >= 4 is 0 Å². The Labute approximate surface area is 186 Å². The summed E-state index contributed by atoms with van der Waals surface area (Å²) in [5.41, 5.74) is 6.83. The standard InChI is InChI=1S/C26H38N2O3/c1-5-19-13-21-15-23(16-22(21)14-20(19)6-2)28-17-24(30)10-7-11-25(31)26(27-4)18(3)9-8-12-29/h7-9,11,13-14,23-24,27-31H,3,5-6,10,12,15-17H2,1-2,4H3/b9-8-,11-7-,26-25-. The van der Waals surface area contributed by atoms with Gasteiger partial charge in [0, 0.05) is 19.6 Å². The van der Waals surface area contributed by atoms with Crippen molar-refractivity contribution in [1.82, 2.24) is 10.6 Å². The average molecular weight is 427 g/mol. The third-order valence-electron chi connectivity index (χ3n) is 5.79. The molecule has 0 saturated carbocycles. The maximum absolute atomic E-state index is 10.3. The summed E-state index contributed by atoms with van der Waals surface area (Å²) in [5, 5.41) is 35.9. The molecule has 1 aliphatic rings. The van der Waals surface area contributed by atoms with Gasteiger partial charge in [-0.25, -0.2) is 0 Å². The van der Waals surface area contributed by atoms with Gasteiger partial charge >= 0.3 is 0 Å². The van der Waals surface area contributed by atoms with Crippen LogP contribution >= 0.6 is 0 Å². The Balaban J connectivity index is 1.85. The molecule has 1 aromatic rings. The first kappa shape index (κ1) is 24.9. The van der Waals surface area contributed by atoms with E-state index in [0.717, 1.165) is 25.7 Å². The molecule has 31 heavy (non-hydrogen) atoms. The summed E-state index contributed by atoms with van der Waals surface area (Å²) < 4.78 is 0. The lowest BCUT2D eigenvalue weighted by Crippen LogP contribution is -2.35. The minimum atomic E-state index is -0.527. The number of benzene rings is 1. The van der Waals surface area contributed by atoms with Gasteiger partial charge in [0.2, 0.25) is 0 Å². The lowest BCUT2D eigenvalue weighted by atomic mass is 9.97. The molecule has 0 amide bonds. The van der Waals surface area contributed by atoms with Crippen molar-refractivity contribution in [3.63, 3.8) is 0 Å². The van der Waals surface area contributed by atoms with Gasteiger partial charge in [0.05, 0.1) is 18.4 Å². The average Bonchev–Trinajstić information content (AvgIpc) is 3.17. The molecule has 0 bridgehead atoms. The Morgan fingerprint density at radius 1 is 1.13 bits per heavy atom. The van der Waals surface area contributed by atoms with Crippen LogP contribution in [0.25, 0.3) is 0 Å². The second kappa shape index (κ2) is 12.5. The zero-order valence-electron chi connectivity index (χ0n) is 19.1. The summed E-state index contributed by atoms with van der Waals surface area (Å²) in [6.07, 6.45) is 10.6. The van der Waals surface area contributed by atoms with Gasteiger partial charge < -0.3 is 26.0 Å². The van der Waals surface area contributed by atoms with Crippen molar-refractivity contribution in [3.8, 4) is 0 Å². The van der Waals surface area contributed by atoms with Gasteiger partial charge in [-0.1, -0.05) is 50.8 Å². The highest BCUT2D eigenvalue weighted by molar-refractivity contribution is 5.42. The molecule has 170 valence electrons. The van der Waals surface area contributed by atoms with Gasteiger partial charge in [-0.15, -0.1) is 0 Å². The molecule has 2 rings (SSSR count). The zero-order valence-corrected chi connectivity index (χ0v) is 19.1. The maximum atomic E-state index is 10.3. The second-order valence-electron chi connectivity index (χ2n) is 8.02. The van der Waals surface area contributed by atoms with Crippen LogP contribution in [-0.2, 0) is 25.7 Å². The van der Waals surface area contributed by atoms with E-state index < -0.39 is 6.10 Å². The minimum Gasteiger partial charge on any atom is -0.506 e. The largest absolute Gasteiger partial charge is 0.506 e. The predicted molar refractivity (Wildman–Crippen MR) is 128 cm³/mol. The fourth-order valence-corrected chi connectivity index (χ4v) is 4.11. The smallest absolute Gasteiger partial charge is 0.138 e. The number of hydrogen-bond acceptors (Lipinski definition) is 5. The Bertz CT molecular complexity index is 806. The Morgan fingerprint density at radius 2 is 1.74 bits per heavy atom. The maximum Gasteiger partial charge on any atom is 0.138 e. The van der Waals surface area contributed by atoms with Gasteiger partial charge in [0.1, 0.15) is 5.76 Å². The van der Waals surface area contributed by atoms with E-state index in [-0.39, 0.29) is 12.4 Å². The van der Waals surface area contributed by atoms with E-state index in [0.29, 0.717) is 30.3 Å². The minimum absolute atomic E-state index is 0.0416. The third-order valence-corrected chi connectivity index (χ3v) is 5.79. The van der Waals surface area contributed by atoms with Crippen molar-refractivity contribution < 1.29 is 15.3 Å². The number of allylic oxidation sites excluding steroid dienone is 2. The molecule has 5 nitrogen and oxygen atoms in total. The quantitative estimate of drug-likeness (QED) is 0.262. The molecule has 1 aliphatic carbocycles. The molecule has 0 heterocycles. The van der Waals surface area contributed by atoms with Crippen LogP contribution in [-0.4, -0.2) is 47.7 Å². The van der Waals surface area contributed by atoms with Crippen molar-refractivity contribution in [2.45, 2.75) is 58.1 Å². The van der Waals surface area contributed by atoms with Crippen LogP contribution in [0.15, 0.2) is 60.0 Å². The van der Waals surface area contributed by atoms with Crippen molar-refractivity contribution in [1.29, 1.82) is 0 Å². The molecule has 0 saturated heterocycles. The van der Waals surface area contributed by atoms with Crippen LogP contribution < -0.4 is 10.6 Å². The van der Waals surface area contributed by atoms with Gasteiger partial charge in [-0.3, -0.25) is 0 Å². The molecule has 0 aromatic heterocycles.